The number of fused-ring (bicyclic) bond motifs is 1. The monoisotopic (exact) mass is 315 g/mol. The van der Waals surface area contributed by atoms with Gasteiger partial charge in [-0.15, -0.1) is 0 Å². The van der Waals surface area contributed by atoms with E-state index in [9.17, 15) is 4.79 Å². The van der Waals surface area contributed by atoms with E-state index in [2.05, 4.69) is 38.7 Å². The van der Waals surface area contributed by atoms with Crippen molar-refractivity contribution in [3.8, 4) is 0 Å². The second kappa shape index (κ2) is 6.46. The summed E-state index contributed by atoms with van der Waals surface area (Å²) < 4.78 is 11.0. The lowest BCUT2D eigenvalue weighted by Crippen LogP contribution is -2.40. The van der Waals surface area contributed by atoms with Gasteiger partial charge in [0.2, 0.25) is 0 Å². The second-order valence-corrected chi connectivity index (χ2v) is 6.87. The van der Waals surface area contributed by atoms with Crippen molar-refractivity contribution in [2.45, 2.75) is 46.3 Å². The summed E-state index contributed by atoms with van der Waals surface area (Å²) in [5.74, 6) is 0.447. The fourth-order valence-electron chi connectivity index (χ4n) is 3.42. The summed E-state index contributed by atoms with van der Waals surface area (Å²) in [7, 11) is 0. The van der Waals surface area contributed by atoms with Gasteiger partial charge in [-0.1, -0.05) is 13.8 Å². The molecule has 1 aromatic carbocycles. The van der Waals surface area contributed by atoms with E-state index in [1.165, 1.54) is 11.1 Å². The average molecular weight is 315 g/mol. The molecule has 0 saturated carbocycles. The Labute approximate surface area is 137 Å². The van der Waals surface area contributed by atoms with Crippen LogP contribution in [0, 0.1) is 6.92 Å². The highest BCUT2D eigenvalue weighted by molar-refractivity contribution is 5.82. The fourth-order valence-corrected chi connectivity index (χ4v) is 3.42. The summed E-state index contributed by atoms with van der Waals surface area (Å²) in [5, 5.41) is 1.05. The molecule has 1 saturated heterocycles. The zero-order valence-electron chi connectivity index (χ0n) is 14.4. The number of ether oxygens (including phenoxy) is 1. The predicted octanol–water partition coefficient (Wildman–Crippen LogP) is 3.45. The maximum atomic E-state index is 11.9. The molecule has 2 aromatic rings. The number of aryl methyl sites for hydroxylation is 1. The van der Waals surface area contributed by atoms with Crippen molar-refractivity contribution in [1.29, 1.82) is 0 Å². The highest BCUT2D eigenvalue weighted by atomic mass is 16.5. The predicted molar refractivity (Wildman–Crippen MR) is 92.0 cm³/mol. The molecule has 1 unspecified atom stereocenters. The van der Waals surface area contributed by atoms with Crippen molar-refractivity contribution in [3.63, 3.8) is 0 Å². The van der Waals surface area contributed by atoms with Crippen LogP contribution in [0.2, 0.25) is 0 Å². The van der Waals surface area contributed by atoms with Gasteiger partial charge in [0.05, 0.1) is 12.7 Å². The van der Waals surface area contributed by atoms with E-state index in [4.69, 9.17) is 9.15 Å². The Morgan fingerprint density at radius 2 is 2.09 bits per heavy atom. The van der Waals surface area contributed by atoms with Gasteiger partial charge in [0.25, 0.3) is 0 Å². The number of hydrogen-bond acceptors (Lipinski definition) is 4. The molecule has 0 N–H and O–H groups in total. The van der Waals surface area contributed by atoms with Crippen LogP contribution in [0.25, 0.3) is 11.0 Å². The molecule has 0 bridgehead atoms. The molecule has 4 nitrogen and oxygen atoms in total. The van der Waals surface area contributed by atoms with Gasteiger partial charge in [-0.3, -0.25) is 4.90 Å². The van der Waals surface area contributed by atoms with Gasteiger partial charge < -0.3 is 9.15 Å². The Morgan fingerprint density at radius 1 is 1.30 bits per heavy atom. The molecule has 1 fully saturated rings. The zero-order valence-corrected chi connectivity index (χ0v) is 14.4. The fraction of sp³-hybridized carbons (Fsp3) is 0.526. The molecule has 1 aliphatic rings. The van der Waals surface area contributed by atoms with Crippen LogP contribution in [0.1, 0.15) is 43.4 Å². The van der Waals surface area contributed by atoms with Crippen LogP contribution < -0.4 is 5.63 Å². The molecule has 0 radical (unpaired) electrons. The van der Waals surface area contributed by atoms with Gasteiger partial charge in [0.15, 0.2) is 0 Å². The van der Waals surface area contributed by atoms with E-state index in [-0.39, 0.29) is 11.7 Å². The van der Waals surface area contributed by atoms with Gasteiger partial charge in [0.1, 0.15) is 5.58 Å². The van der Waals surface area contributed by atoms with Crippen molar-refractivity contribution in [2.75, 3.05) is 19.7 Å². The zero-order chi connectivity index (χ0) is 16.6. The Balaban J connectivity index is 2.04. The lowest BCUT2D eigenvalue weighted by molar-refractivity contribution is -0.0211. The van der Waals surface area contributed by atoms with E-state index in [1.807, 2.05) is 6.07 Å². The van der Waals surface area contributed by atoms with Crippen LogP contribution in [0.3, 0.4) is 0 Å². The smallest absolute Gasteiger partial charge is 0.336 e. The standard InChI is InChI=1S/C19H25NO3/c1-12(2)16-9-17-15(11-20-5-6-22-14(4)10-20)8-19(21)23-18(17)7-13(16)3/h7-9,12,14H,5-6,10-11H2,1-4H3. The molecule has 1 atom stereocenters. The number of benzene rings is 1. The third-order valence-electron chi connectivity index (χ3n) is 4.56. The Bertz CT molecular complexity index is 763. The van der Waals surface area contributed by atoms with Crippen molar-refractivity contribution in [2.24, 2.45) is 0 Å². The Kier molecular flexibility index (Phi) is 4.55. The maximum absolute atomic E-state index is 11.9. The maximum Gasteiger partial charge on any atom is 0.336 e. The first-order chi connectivity index (χ1) is 10.9. The molecule has 23 heavy (non-hydrogen) atoms. The van der Waals surface area contributed by atoms with E-state index in [0.717, 1.165) is 37.2 Å². The summed E-state index contributed by atoms with van der Waals surface area (Å²) in [6, 6.07) is 5.83. The van der Waals surface area contributed by atoms with Gasteiger partial charge in [-0.25, -0.2) is 4.79 Å². The van der Waals surface area contributed by atoms with Crippen molar-refractivity contribution in [1.82, 2.24) is 4.90 Å². The minimum Gasteiger partial charge on any atom is -0.423 e. The first-order valence-corrected chi connectivity index (χ1v) is 8.35. The van der Waals surface area contributed by atoms with Gasteiger partial charge in [0, 0.05) is 31.1 Å². The first-order valence-electron chi connectivity index (χ1n) is 8.35. The molecule has 3 rings (SSSR count). The Morgan fingerprint density at radius 3 is 2.78 bits per heavy atom. The van der Waals surface area contributed by atoms with Gasteiger partial charge in [-0.2, -0.15) is 0 Å². The van der Waals surface area contributed by atoms with Crippen molar-refractivity contribution in [3.05, 3.63) is 45.3 Å². The van der Waals surface area contributed by atoms with Crippen LogP contribution in [0.15, 0.2) is 27.4 Å². The van der Waals surface area contributed by atoms with E-state index < -0.39 is 0 Å². The van der Waals surface area contributed by atoms with Crippen LogP contribution in [-0.2, 0) is 11.3 Å². The molecule has 124 valence electrons. The van der Waals surface area contributed by atoms with Crippen molar-refractivity contribution >= 4 is 11.0 Å². The van der Waals surface area contributed by atoms with Crippen LogP contribution >= 0.6 is 0 Å². The largest absolute Gasteiger partial charge is 0.423 e. The minimum atomic E-state index is -0.273. The first kappa shape index (κ1) is 16.2. The van der Waals surface area contributed by atoms with Crippen LogP contribution in [-0.4, -0.2) is 30.7 Å². The molecule has 0 aliphatic carbocycles. The summed E-state index contributed by atoms with van der Waals surface area (Å²) >= 11 is 0. The third kappa shape index (κ3) is 3.48. The van der Waals surface area contributed by atoms with Gasteiger partial charge in [-0.05, 0) is 48.6 Å². The molecule has 0 spiro atoms. The highest BCUT2D eigenvalue weighted by Gasteiger charge is 2.19. The average Bonchev–Trinajstić information content (AvgIpc) is 2.46. The van der Waals surface area contributed by atoms with E-state index >= 15 is 0 Å². The normalized spacial score (nSPS) is 19.6. The third-order valence-corrected chi connectivity index (χ3v) is 4.56. The Hall–Kier alpha value is -1.65. The summed E-state index contributed by atoms with van der Waals surface area (Å²) in [5.41, 5.74) is 3.95. The number of morpholine rings is 1. The second-order valence-electron chi connectivity index (χ2n) is 6.87. The number of hydrogen-bond donors (Lipinski definition) is 0. The molecule has 0 amide bonds. The molecule has 2 heterocycles. The van der Waals surface area contributed by atoms with E-state index in [1.54, 1.807) is 6.07 Å². The van der Waals surface area contributed by atoms with Crippen molar-refractivity contribution < 1.29 is 9.15 Å². The summed E-state index contributed by atoms with van der Waals surface area (Å²) in [6.07, 6.45) is 0.239. The quantitative estimate of drug-likeness (QED) is 0.814. The van der Waals surface area contributed by atoms with Crippen LogP contribution in [0.4, 0.5) is 0 Å². The molecule has 1 aliphatic heterocycles. The molecular weight excluding hydrogens is 290 g/mol. The molecule has 4 heteroatoms. The lowest BCUT2D eigenvalue weighted by atomic mass is 9.95. The van der Waals surface area contributed by atoms with E-state index in [0.29, 0.717) is 11.5 Å². The molecular formula is C19H25NO3. The highest BCUT2D eigenvalue weighted by Crippen LogP contribution is 2.27. The topological polar surface area (TPSA) is 42.7 Å². The van der Waals surface area contributed by atoms with Crippen LogP contribution in [0.5, 0.6) is 0 Å². The molecule has 1 aromatic heterocycles. The summed E-state index contributed by atoms with van der Waals surface area (Å²) in [6.45, 7) is 11.8. The minimum absolute atomic E-state index is 0.239. The number of rotatable bonds is 3. The summed E-state index contributed by atoms with van der Waals surface area (Å²) in [4.78, 5) is 14.3. The number of nitrogens with zero attached hydrogens (tertiary/aromatic N) is 1. The lowest BCUT2D eigenvalue weighted by Gasteiger charge is -2.31. The van der Waals surface area contributed by atoms with Gasteiger partial charge >= 0.3 is 5.63 Å². The SMILES string of the molecule is Cc1cc2oc(=O)cc(CN3CCOC(C)C3)c2cc1C(C)C.